The standard InChI is InChI=1S/C24H23FN4O2/c1-27-14-21(30)29(19-8-3-7-18(25)13-19)16-24(27)10-12-28(15-24)23(31)20-9-2-5-17-6-4-11-26-22(17)20/h2-9,11,13H,10,12,14-16H2,1H3. The number of anilines is 1. The Hall–Kier alpha value is -3.32. The molecule has 2 aliphatic rings. The summed E-state index contributed by atoms with van der Waals surface area (Å²) in [5.74, 6) is -0.490. The molecule has 3 aromatic rings. The van der Waals surface area contributed by atoms with E-state index >= 15 is 0 Å². The van der Waals surface area contributed by atoms with Crippen LogP contribution >= 0.6 is 0 Å². The number of carbonyl (C=O) groups is 2. The van der Waals surface area contributed by atoms with Crippen LogP contribution in [0.2, 0.25) is 0 Å². The molecule has 2 fully saturated rings. The maximum Gasteiger partial charge on any atom is 0.256 e. The number of halogens is 1. The minimum atomic E-state index is -0.370. The monoisotopic (exact) mass is 418 g/mol. The number of benzene rings is 2. The Bertz CT molecular complexity index is 1180. The third-order valence-corrected chi connectivity index (χ3v) is 6.54. The summed E-state index contributed by atoms with van der Waals surface area (Å²) >= 11 is 0. The van der Waals surface area contributed by atoms with Gasteiger partial charge in [0.15, 0.2) is 0 Å². The van der Waals surface area contributed by atoms with Crippen molar-refractivity contribution in [3.8, 4) is 0 Å². The van der Waals surface area contributed by atoms with Gasteiger partial charge in [-0.2, -0.15) is 0 Å². The van der Waals surface area contributed by atoms with Crippen molar-refractivity contribution in [1.29, 1.82) is 0 Å². The molecular weight excluding hydrogens is 395 g/mol. The van der Waals surface area contributed by atoms with Crippen molar-refractivity contribution < 1.29 is 14.0 Å². The predicted octanol–water partition coefficient (Wildman–Crippen LogP) is 2.94. The van der Waals surface area contributed by atoms with Gasteiger partial charge >= 0.3 is 0 Å². The first-order valence-corrected chi connectivity index (χ1v) is 10.4. The van der Waals surface area contributed by atoms with Crippen molar-refractivity contribution in [3.05, 3.63) is 72.2 Å². The lowest BCUT2D eigenvalue weighted by Crippen LogP contribution is -2.64. The highest BCUT2D eigenvalue weighted by molar-refractivity contribution is 6.05. The van der Waals surface area contributed by atoms with E-state index in [-0.39, 0.29) is 29.7 Å². The summed E-state index contributed by atoms with van der Waals surface area (Å²) in [6, 6.07) is 15.6. The number of likely N-dealkylation sites (N-methyl/N-ethyl adjacent to an activating group) is 1. The third-order valence-electron chi connectivity index (χ3n) is 6.54. The van der Waals surface area contributed by atoms with Crippen molar-refractivity contribution in [1.82, 2.24) is 14.8 Å². The average molecular weight is 418 g/mol. The van der Waals surface area contributed by atoms with Crippen LogP contribution in [0, 0.1) is 5.82 Å². The highest BCUT2D eigenvalue weighted by Crippen LogP contribution is 2.34. The number of hydrogen-bond acceptors (Lipinski definition) is 4. The van der Waals surface area contributed by atoms with Gasteiger partial charge in [0.2, 0.25) is 5.91 Å². The molecule has 1 unspecified atom stereocenters. The van der Waals surface area contributed by atoms with Crippen LogP contribution in [0.1, 0.15) is 16.8 Å². The van der Waals surface area contributed by atoms with Crippen molar-refractivity contribution in [2.24, 2.45) is 0 Å². The fraction of sp³-hybridized carbons (Fsp3) is 0.292. The summed E-state index contributed by atoms with van der Waals surface area (Å²) in [4.78, 5) is 36.1. The van der Waals surface area contributed by atoms with E-state index in [0.29, 0.717) is 36.4 Å². The van der Waals surface area contributed by atoms with Gasteiger partial charge in [-0.3, -0.25) is 19.5 Å². The molecule has 6 nitrogen and oxygen atoms in total. The van der Waals surface area contributed by atoms with Crippen LogP contribution in [-0.2, 0) is 4.79 Å². The van der Waals surface area contributed by atoms with E-state index in [1.807, 2.05) is 47.2 Å². The van der Waals surface area contributed by atoms with Crippen molar-refractivity contribution in [3.63, 3.8) is 0 Å². The molecule has 0 radical (unpaired) electrons. The fourth-order valence-corrected chi connectivity index (χ4v) is 4.76. The maximum atomic E-state index is 13.8. The van der Waals surface area contributed by atoms with Crippen LogP contribution in [0.15, 0.2) is 60.8 Å². The summed E-state index contributed by atoms with van der Waals surface area (Å²) in [7, 11) is 1.92. The van der Waals surface area contributed by atoms with E-state index in [0.717, 1.165) is 11.8 Å². The lowest BCUT2D eigenvalue weighted by molar-refractivity contribution is -0.123. The van der Waals surface area contributed by atoms with E-state index in [1.54, 1.807) is 23.2 Å². The number of fused-ring (bicyclic) bond motifs is 1. The number of aromatic nitrogens is 1. The van der Waals surface area contributed by atoms with E-state index in [4.69, 9.17) is 0 Å². The molecule has 31 heavy (non-hydrogen) atoms. The minimum Gasteiger partial charge on any atom is -0.337 e. The summed E-state index contributed by atoms with van der Waals surface area (Å²) in [6.07, 6.45) is 2.44. The highest BCUT2D eigenvalue weighted by Gasteiger charge is 2.48. The summed E-state index contributed by atoms with van der Waals surface area (Å²) in [5.41, 5.74) is 1.48. The molecule has 1 aromatic heterocycles. The Kier molecular flexibility index (Phi) is 4.70. The van der Waals surface area contributed by atoms with Gasteiger partial charge in [-0.25, -0.2) is 4.39 Å². The number of para-hydroxylation sites is 1. The molecule has 0 aliphatic carbocycles. The number of piperazine rings is 1. The van der Waals surface area contributed by atoms with Crippen molar-refractivity contribution in [2.45, 2.75) is 12.0 Å². The maximum absolute atomic E-state index is 13.8. The van der Waals surface area contributed by atoms with E-state index < -0.39 is 0 Å². The first kappa shape index (κ1) is 19.6. The zero-order chi connectivity index (χ0) is 21.6. The molecule has 2 aliphatic heterocycles. The second-order valence-corrected chi connectivity index (χ2v) is 8.40. The van der Waals surface area contributed by atoms with Gasteiger partial charge in [0.1, 0.15) is 5.82 Å². The van der Waals surface area contributed by atoms with Gasteiger partial charge in [-0.1, -0.05) is 24.3 Å². The largest absolute Gasteiger partial charge is 0.337 e. The second-order valence-electron chi connectivity index (χ2n) is 8.40. The number of carbonyl (C=O) groups excluding carboxylic acids is 2. The molecule has 0 bridgehead atoms. The van der Waals surface area contributed by atoms with Crippen LogP contribution in [0.5, 0.6) is 0 Å². The zero-order valence-electron chi connectivity index (χ0n) is 17.3. The quantitative estimate of drug-likeness (QED) is 0.642. The number of amides is 2. The normalized spacial score (nSPS) is 21.9. The number of pyridine rings is 1. The topological polar surface area (TPSA) is 56.8 Å². The van der Waals surface area contributed by atoms with Crippen LogP contribution in [-0.4, -0.2) is 65.4 Å². The first-order valence-electron chi connectivity index (χ1n) is 10.4. The Labute approximate surface area is 179 Å². The van der Waals surface area contributed by atoms with Gasteiger partial charge in [0.25, 0.3) is 5.91 Å². The second kappa shape index (κ2) is 7.42. The molecular formula is C24H23FN4O2. The minimum absolute atomic E-state index is 0.0521. The van der Waals surface area contributed by atoms with E-state index in [9.17, 15) is 14.0 Å². The number of rotatable bonds is 2. The number of likely N-dealkylation sites (tertiary alicyclic amines) is 1. The van der Waals surface area contributed by atoms with Gasteiger partial charge in [0.05, 0.1) is 23.2 Å². The fourth-order valence-electron chi connectivity index (χ4n) is 4.76. The third kappa shape index (κ3) is 3.35. The lowest BCUT2D eigenvalue weighted by Gasteiger charge is -2.46. The molecule has 158 valence electrons. The summed E-state index contributed by atoms with van der Waals surface area (Å²) in [5, 5.41) is 0.930. The Morgan fingerprint density at radius 1 is 1.10 bits per heavy atom. The molecule has 2 aromatic carbocycles. The van der Waals surface area contributed by atoms with E-state index in [2.05, 4.69) is 4.98 Å². The molecule has 3 heterocycles. The van der Waals surface area contributed by atoms with Crippen LogP contribution in [0.3, 0.4) is 0 Å². The smallest absolute Gasteiger partial charge is 0.256 e. The number of nitrogens with zero attached hydrogens (tertiary/aromatic N) is 4. The Morgan fingerprint density at radius 3 is 2.74 bits per heavy atom. The molecule has 2 saturated heterocycles. The first-order chi connectivity index (χ1) is 15.0. The van der Waals surface area contributed by atoms with Gasteiger partial charge in [0, 0.05) is 36.9 Å². The Balaban J connectivity index is 1.42. The molecule has 2 amide bonds. The van der Waals surface area contributed by atoms with Gasteiger partial charge < -0.3 is 9.80 Å². The molecule has 0 saturated carbocycles. The molecule has 1 spiro atoms. The van der Waals surface area contributed by atoms with Crippen LogP contribution in [0.25, 0.3) is 10.9 Å². The summed E-state index contributed by atoms with van der Waals surface area (Å²) < 4.78 is 13.8. The predicted molar refractivity (Wildman–Crippen MR) is 116 cm³/mol. The zero-order valence-corrected chi connectivity index (χ0v) is 17.3. The van der Waals surface area contributed by atoms with E-state index in [1.165, 1.54) is 12.1 Å². The highest BCUT2D eigenvalue weighted by atomic mass is 19.1. The molecule has 7 heteroatoms. The average Bonchev–Trinajstić information content (AvgIpc) is 3.21. The van der Waals surface area contributed by atoms with Gasteiger partial charge in [-0.05, 0) is 43.8 Å². The van der Waals surface area contributed by atoms with Crippen LogP contribution < -0.4 is 4.90 Å². The Morgan fingerprint density at radius 2 is 1.90 bits per heavy atom. The van der Waals surface area contributed by atoms with Gasteiger partial charge in [-0.15, -0.1) is 0 Å². The molecule has 1 atom stereocenters. The molecule has 5 rings (SSSR count). The molecule has 0 N–H and O–H groups in total. The number of hydrogen-bond donors (Lipinski definition) is 0. The van der Waals surface area contributed by atoms with Crippen molar-refractivity contribution in [2.75, 3.05) is 38.1 Å². The van der Waals surface area contributed by atoms with Crippen LogP contribution in [0.4, 0.5) is 10.1 Å². The SMILES string of the molecule is CN1CC(=O)N(c2cccc(F)c2)CC12CCN(C(=O)c1cccc3cccnc13)C2. The summed E-state index contributed by atoms with van der Waals surface area (Å²) in [6.45, 7) is 1.75. The van der Waals surface area contributed by atoms with Crippen molar-refractivity contribution >= 4 is 28.4 Å². The lowest BCUT2D eigenvalue weighted by atomic mass is 9.92.